The van der Waals surface area contributed by atoms with Crippen molar-refractivity contribution < 1.29 is 19.1 Å². The van der Waals surface area contributed by atoms with Gasteiger partial charge in [0.25, 0.3) is 5.91 Å². The predicted molar refractivity (Wildman–Crippen MR) is 200 cm³/mol. The number of amides is 3. The zero-order valence-electron chi connectivity index (χ0n) is 29.9. The smallest absolute Gasteiger partial charge is 0.260 e. The number of piperazine rings is 1. The van der Waals surface area contributed by atoms with E-state index in [2.05, 4.69) is 65.8 Å². The van der Waals surface area contributed by atoms with Crippen LogP contribution in [0.4, 0.5) is 11.5 Å². The van der Waals surface area contributed by atoms with Gasteiger partial charge < -0.3 is 15.0 Å². The topological polar surface area (TPSA) is 150 Å². The molecule has 52 heavy (non-hydrogen) atoms. The summed E-state index contributed by atoms with van der Waals surface area (Å²) < 4.78 is 6.86. The average molecular weight is 706 g/mol. The van der Waals surface area contributed by atoms with Crippen molar-refractivity contribution in [3.05, 3.63) is 77.7 Å². The number of anilines is 2. The van der Waals surface area contributed by atoms with E-state index in [4.69, 9.17) is 4.74 Å². The lowest BCUT2D eigenvalue weighted by atomic mass is 9.87. The number of fused-ring (bicyclic) bond motifs is 2. The van der Waals surface area contributed by atoms with Gasteiger partial charge in [-0.3, -0.25) is 29.7 Å². The SMILES string of the molecule is COc1cc2[nH]ncc2cc1C(=O)Nc1cnc2cccnn12.Cc1cc(N2CCN(CCC3CCCCC3)CC2)ccc1C1CCC(=O)NC1=O. The second kappa shape index (κ2) is 15.9. The van der Waals surface area contributed by atoms with Gasteiger partial charge in [0.2, 0.25) is 11.8 Å². The maximum atomic E-state index is 12.6. The van der Waals surface area contributed by atoms with Crippen molar-refractivity contribution in [1.82, 2.24) is 35.0 Å². The highest BCUT2D eigenvalue weighted by Crippen LogP contribution is 2.31. The van der Waals surface area contributed by atoms with Crippen molar-refractivity contribution in [3.63, 3.8) is 0 Å². The van der Waals surface area contributed by atoms with Gasteiger partial charge in [0.05, 0.1) is 36.5 Å². The minimum atomic E-state index is -0.308. The fourth-order valence-electron chi connectivity index (χ4n) is 7.72. The Hall–Kier alpha value is -5.30. The number of carbonyl (C=O) groups excluding carboxylic acids is 3. The fourth-order valence-corrected chi connectivity index (χ4v) is 7.72. The van der Waals surface area contributed by atoms with Crippen LogP contribution in [0.1, 0.15) is 78.8 Å². The van der Waals surface area contributed by atoms with Gasteiger partial charge in [-0.2, -0.15) is 14.7 Å². The Kier molecular flexibility index (Phi) is 10.8. The zero-order valence-corrected chi connectivity index (χ0v) is 29.9. The number of H-pyrrole nitrogens is 1. The van der Waals surface area contributed by atoms with Crippen molar-refractivity contribution in [2.24, 2.45) is 5.92 Å². The van der Waals surface area contributed by atoms with Crippen LogP contribution in [0, 0.1) is 12.8 Å². The average Bonchev–Trinajstić information content (AvgIpc) is 3.81. The predicted octanol–water partition coefficient (Wildman–Crippen LogP) is 5.47. The Balaban J connectivity index is 0.000000166. The molecular weight excluding hydrogens is 658 g/mol. The van der Waals surface area contributed by atoms with Crippen LogP contribution in [0.3, 0.4) is 0 Å². The molecule has 3 aromatic heterocycles. The highest BCUT2D eigenvalue weighted by atomic mass is 16.5. The standard InChI is InChI=1S/C24H35N3O2.C15H12N6O2/c1-18-17-20(7-8-21(18)22-9-10-23(28)25-24(22)29)27-15-13-26(14-16-27)12-11-19-5-3-2-4-6-19;1-23-12-6-11-9(7-17-20-11)5-10(12)15(22)19-14-8-16-13-3-2-4-18-21(13)14/h7-8,17,19,22H,2-6,9-16H2,1H3,(H,25,28,29);2-8H,1H3,(H,17,20)(H,19,22). The first-order valence-corrected chi connectivity index (χ1v) is 18.4. The summed E-state index contributed by atoms with van der Waals surface area (Å²) in [5.74, 6) is 1.10. The van der Waals surface area contributed by atoms with Gasteiger partial charge in [-0.1, -0.05) is 38.2 Å². The molecule has 13 nitrogen and oxygen atoms in total. The van der Waals surface area contributed by atoms with E-state index in [1.165, 1.54) is 57.9 Å². The van der Waals surface area contributed by atoms with E-state index < -0.39 is 0 Å². The van der Waals surface area contributed by atoms with Crippen LogP contribution in [-0.2, 0) is 9.59 Å². The molecule has 272 valence electrons. The molecule has 3 aliphatic rings. The van der Waals surface area contributed by atoms with Crippen LogP contribution in [0.5, 0.6) is 5.75 Å². The van der Waals surface area contributed by atoms with Gasteiger partial charge in [0.15, 0.2) is 11.5 Å². The summed E-state index contributed by atoms with van der Waals surface area (Å²) >= 11 is 0. The number of aromatic nitrogens is 5. The number of nitrogens with one attached hydrogen (secondary N) is 3. The number of benzene rings is 2. The maximum absolute atomic E-state index is 12.6. The molecule has 13 heteroatoms. The molecule has 0 spiro atoms. The van der Waals surface area contributed by atoms with E-state index in [1.807, 2.05) is 0 Å². The number of imidazole rings is 1. The van der Waals surface area contributed by atoms with Crippen LogP contribution in [0.15, 0.2) is 61.1 Å². The van der Waals surface area contributed by atoms with E-state index in [9.17, 15) is 14.4 Å². The lowest BCUT2D eigenvalue weighted by Gasteiger charge is -2.37. The summed E-state index contributed by atoms with van der Waals surface area (Å²) in [6, 6.07) is 13.5. The molecular formula is C39H47N9O4. The van der Waals surface area contributed by atoms with Crippen molar-refractivity contribution in [3.8, 4) is 5.75 Å². The lowest BCUT2D eigenvalue weighted by Crippen LogP contribution is -2.47. The monoisotopic (exact) mass is 705 g/mol. The molecule has 5 aromatic rings. The number of hydrogen-bond donors (Lipinski definition) is 3. The number of nitrogens with zero attached hydrogens (tertiary/aromatic N) is 6. The lowest BCUT2D eigenvalue weighted by molar-refractivity contribution is -0.134. The number of rotatable bonds is 8. The number of ether oxygens (including phenoxy) is 1. The van der Waals surface area contributed by atoms with Gasteiger partial charge >= 0.3 is 0 Å². The minimum absolute atomic E-state index is 0.149. The van der Waals surface area contributed by atoms with Gasteiger partial charge in [-0.25, -0.2) is 4.98 Å². The highest BCUT2D eigenvalue weighted by Gasteiger charge is 2.29. The molecule has 1 atom stereocenters. The second-order valence-electron chi connectivity index (χ2n) is 14.1. The van der Waals surface area contributed by atoms with Crippen molar-refractivity contribution in [1.29, 1.82) is 0 Å². The number of methoxy groups -OCH3 is 1. The second-order valence-corrected chi connectivity index (χ2v) is 14.1. The molecule has 2 aliphatic heterocycles. The quantitative estimate of drug-likeness (QED) is 0.179. The van der Waals surface area contributed by atoms with Crippen molar-refractivity contribution in [2.75, 3.05) is 50.1 Å². The largest absolute Gasteiger partial charge is 0.496 e. The Labute approximate surface area is 303 Å². The molecule has 5 heterocycles. The van der Waals surface area contributed by atoms with Crippen LogP contribution in [-0.4, -0.2) is 87.3 Å². The number of carbonyl (C=O) groups is 3. The Morgan fingerprint density at radius 2 is 1.83 bits per heavy atom. The number of aryl methyl sites for hydroxylation is 1. The van der Waals surface area contributed by atoms with E-state index in [0.29, 0.717) is 35.6 Å². The highest BCUT2D eigenvalue weighted by molar-refractivity contribution is 6.08. The number of imide groups is 1. The minimum Gasteiger partial charge on any atom is -0.496 e. The van der Waals surface area contributed by atoms with Gasteiger partial charge in [0.1, 0.15) is 5.75 Å². The van der Waals surface area contributed by atoms with Crippen LogP contribution in [0.2, 0.25) is 0 Å². The van der Waals surface area contributed by atoms with Crippen LogP contribution in [0.25, 0.3) is 16.6 Å². The summed E-state index contributed by atoms with van der Waals surface area (Å²) in [5.41, 5.74) is 5.33. The van der Waals surface area contributed by atoms with Gasteiger partial charge in [0, 0.05) is 55.9 Å². The van der Waals surface area contributed by atoms with Crippen LogP contribution < -0.4 is 20.3 Å². The molecule has 1 aliphatic carbocycles. The number of aromatic amines is 1. The van der Waals surface area contributed by atoms with Crippen molar-refractivity contribution >= 4 is 45.8 Å². The zero-order chi connectivity index (χ0) is 36.0. The number of hydrogen-bond acceptors (Lipinski definition) is 9. The summed E-state index contributed by atoms with van der Waals surface area (Å²) in [6.45, 7) is 7.76. The first-order chi connectivity index (χ1) is 25.4. The Morgan fingerprint density at radius 3 is 2.60 bits per heavy atom. The summed E-state index contributed by atoms with van der Waals surface area (Å²) in [4.78, 5) is 45.5. The summed E-state index contributed by atoms with van der Waals surface area (Å²) in [5, 5.41) is 17.1. The summed E-state index contributed by atoms with van der Waals surface area (Å²) in [7, 11) is 1.52. The first-order valence-electron chi connectivity index (χ1n) is 18.4. The third-order valence-electron chi connectivity index (χ3n) is 10.7. The maximum Gasteiger partial charge on any atom is 0.260 e. The number of piperidine rings is 1. The molecule has 8 rings (SSSR count). The van der Waals surface area contributed by atoms with E-state index >= 15 is 0 Å². The molecule has 3 N–H and O–H groups in total. The van der Waals surface area contributed by atoms with Gasteiger partial charge in [-0.15, -0.1) is 0 Å². The first kappa shape index (κ1) is 35.1. The third-order valence-corrected chi connectivity index (χ3v) is 10.7. The Bertz CT molecular complexity index is 2040. The van der Waals surface area contributed by atoms with E-state index in [1.54, 1.807) is 47.4 Å². The third kappa shape index (κ3) is 7.94. The van der Waals surface area contributed by atoms with Crippen LogP contribution >= 0.6 is 0 Å². The van der Waals surface area contributed by atoms with E-state index in [-0.39, 0.29) is 23.6 Å². The Morgan fingerprint density at radius 1 is 1.00 bits per heavy atom. The molecule has 2 aromatic carbocycles. The normalized spacial score (nSPS) is 18.6. The van der Waals surface area contributed by atoms with E-state index in [0.717, 1.165) is 54.1 Å². The fraction of sp³-hybridized carbons (Fsp3) is 0.436. The van der Waals surface area contributed by atoms with Crippen molar-refractivity contribution in [2.45, 2.75) is 64.2 Å². The molecule has 0 radical (unpaired) electrons. The summed E-state index contributed by atoms with van der Waals surface area (Å²) in [6.07, 6.45) is 14.5. The molecule has 2 saturated heterocycles. The molecule has 3 amide bonds. The van der Waals surface area contributed by atoms with Gasteiger partial charge in [-0.05, 0) is 73.7 Å². The molecule has 0 bridgehead atoms. The molecule has 1 unspecified atom stereocenters. The molecule has 3 fully saturated rings. The molecule has 1 saturated carbocycles.